The maximum Gasteiger partial charge on any atom is 0.321 e. The zero-order valence-electron chi connectivity index (χ0n) is 11.4. The number of aliphatic imine (C=N–C) groups is 1. The Kier molecular flexibility index (Phi) is 7.12. The number of carboxylic acids is 1. The van der Waals surface area contributed by atoms with Gasteiger partial charge >= 0.3 is 5.97 Å². The van der Waals surface area contributed by atoms with Gasteiger partial charge in [-0.1, -0.05) is 6.42 Å². The molecule has 1 aromatic heterocycles. The second-order valence-corrected chi connectivity index (χ2v) is 4.49. The van der Waals surface area contributed by atoms with E-state index in [0.717, 1.165) is 25.0 Å². The van der Waals surface area contributed by atoms with Crippen LogP contribution < -0.4 is 16.8 Å². The minimum absolute atomic E-state index is 0.105. The van der Waals surface area contributed by atoms with Crippen molar-refractivity contribution in [3.05, 3.63) is 18.2 Å². The van der Waals surface area contributed by atoms with Crippen molar-refractivity contribution in [1.29, 1.82) is 0 Å². The molecule has 1 atom stereocenters. The van der Waals surface area contributed by atoms with E-state index in [-0.39, 0.29) is 5.96 Å². The van der Waals surface area contributed by atoms with Gasteiger partial charge in [0.05, 0.1) is 6.33 Å². The molecule has 8 heteroatoms. The van der Waals surface area contributed by atoms with Crippen molar-refractivity contribution in [3.63, 3.8) is 0 Å². The van der Waals surface area contributed by atoms with Crippen LogP contribution in [-0.2, 0) is 11.2 Å². The van der Waals surface area contributed by atoms with Gasteiger partial charge in [0.1, 0.15) is 6.04 Å². The Bertz CT molecular complexity index is 414. The van der Waals surface area contributed by atoms with E-state index in [0.29, 0.717) is 19.5 Å². The molecule has 0 saturated carbocycles. The van der Waals surface area contributed by atoms with Gasteiger partial charge < -0.3 is 26.9 Å². The molecule has 0 amide bonds. The lowest BCUT2D eigenvalue weighted by Gasteiger charge is -2.13. The van der Waals surface area contributed by atoms with E-state index in [4.69, 9.17) is 16.6 Å². The van der Waals surface area contributed by atoms with E-state index in [1.165, 1.54) is 6.33 Å². The van der Waals surface area contributed by atoms with Crippen molar-refractivity contribution in [2.45, 2.75) is 31.7 Å². The van der Waals surface area contributed by atoms with Gasteiger partial charge in [-0.05, 0) is 19.4 Å². The number of aromatic nitrogens is 2. The van der Waals surface area contributed by atoms with Crippen LogP contribution in [0.1, 0.15) is 25.0 Å². The first-order chi connectivity index (χ1) is 9.59. The maximum atomic E-state index is 11.1. The normalized spacial score (nSPS) is 12.0. The molecule has 0 unspecified atom stereocenters. The smallest absolute Gasteiger partial charge is 0.321 e. The standard InChI is InChI=1S/C12H22N6O2/c13-12(14)17-5-3-1-2-4-16-10(11(19)20)6-9-7-15-8-18-9/h7-8,10,16H,1-6H2,(H,15,18)(H,19,20)(H4,13,14,17)/t10-/m0/s1. The zero-order chi connectivity index (χ0) is 14.8. The van der Waals surface area contributed by atoms with Crippen LogP contribution in [0.4, 0.5) is 0 Å². The fourth-order valence-corrected chi connectivity index (χ4v) is 1.76. The Balaban J connectivity index is 2.17. The minimum atomic E-state index is -0.861. The molecule has 0 bridgehead atoms. The average Bonchev–Trinajstić information content (AvgIpc) is 2.88. The lowest BCUT2D eigenvalue weighted by molar-refractivity contribution is -0.139. The molecule has 8 nitrogen and oxygen atoms in total. The quantitative estimate of drug-likeness (QED) is 0.221. The average molecular weight is 282 g/mol. The molecular formula is C12H22N6O2. The molecule has 0 spiro atoms. The highest BCUT2D eigenvalue weighted by atomic mass is 16.4. The number of H-pyrrole nitrogens is 1. The molecule has 112 valence electrons. The van der Waals surface area contributed by atoms with Gasteiger partial charge in [0.15, 0.2) is 5.96 Å². The number of carboxylic acid groups (broad SMARTS) is 1. The largest absolute Gasteiger partial charge is 0.480 e. The number of aliphatic carboxylic acids is 1. The van der Waals surface area contributed by atoms with E-state index in [1.807, 2.05) is 0 Å². The lowest BCUT2D eigenvalue weighted by Crippen LogP contribution is -2.39. The van der Waals surface area contributed by atoms with Gasteiger partial charge in [0.2, 0.25) is 0 Å². The fourth-order valence-electron chi connectivity index (χ4n) is 1.76. The summed E-state index contributed by atoms with van der Waals surface area (Å²) in [4.78, 5) is 21.8. The predicted octanol–water partition coefficient (Wildman–Crippen LogP) is -0.561. The third kappa shape index (κ3) is 6.74. The number of aromatic amines is 1. The molecule has 0 fully saturated rings. The number of hydrogen-bond acceptors (Lipinski definition) is 4. The summed E-state index contributed by atoms with van der Waals surface area (Å²) in [6.45, 7) is 1.26. The fraction of sp³-hybridized carbons (Fsp3) is 0.583. The van der Waals surface area contributed by atoms with Gasteiger partial charge in [-0.3, -0.25) is 9.79 Å². The molecule has 20 heavy (non-hydrogen) atoms. The van der Waals surface area contributed by atoms with Crippen LogP contribution >= 0.6 is 0 Å². The molecule has 0 aliphatic heterocycles. The lowest BCUT2D eigenvalue weighted by atomic mass is 10.1. The second kappa shape index (κ2) is 8.92. The number of carbonyl (C=O) groups is 1. The predicted molar refractivity (Wildman–Crippen MR) is 76.2 cm³/mol. The van der Waals surface area contributed by atoms with Crippen molar-refractivity contribution in [2.24, 2.45) is 16.5 Å². The number of rotatable bonds is 10. The summed E-state index contributed by atoms with van der Waals surface area (Å²) in [6.07, 6.45) is 6.28. The first-order valence-electron chi connectivity index (χ1n) is 6.58. The van der Waals surface area contributed by atoms with E-state index < -0.39 is 12.0 Å². The van der Waals surface area contributed by atoms with E-state index >= 15 is 0 Å². The Morgan fingerprint density at radius 2 is 2.25 bits per heavy atom. The number of nitrogens with one attached hydrogen (secondary N) is 2. The van der Waals surface area contributed by atoms with Gasteiger partial charge in [0, 0.05) is 24.9 Å². The van der Waals surface area contributed by atoms with Crippen molar-refractivity contribution in [2.75, 3.05) is 13.1 Å². The van der Waals surface area contributed by atoms with Crippen molar-refractivity contribution < 1.29 is 9.90 Å². The summed E-state index contributed by atoms with van der Waals surface area (Å²) in [5, 5.41) is 12.2. The Labute approximate surface area is 117 Å². The Morgan fingerprint density at radius 3 is 2.85 bits per heavy atom. The number of hydrogen-bond donors (Lipinski definition) is 5. The number of nitrogens with zero attached hydrogens (tertiary/aromatic N) is 2. The number of unbranched alkanes of at least 4 members (excludes halogenated alkanes) is 2. The van der Waals surface area contributed by atoms with Gasteiger partial charge in [-0.25, -0.2) is 4.98 Å². The molecule has 1 heterocycles. The topological polar surface area (TPSA) is 142 Å². The molecular weight excluding hydrogens is 260 g/mol. The zero-order valence-corrected chi connectivity index (χ0v) is 11.4. The highest BCUT2D eigenvalue weighted by molar-refractivity contribution is 5.75. The highest BCUT2D eigenvalue weighted by Gasteiger charge is 2.17. The van der Waals surface area contributed by atoms with Crippen LogP contribution in [-0.4, -0.2) is 46.1 Å². The van der Waals surface area contributed by atoms with Crippen LogP contribution in [0.2, 0.25) is 0 Å². The maximum absolute atomic E-state index is 11.1. The van der Waals surface area contributed by atoms with Crippen LogP contribution in [0.15, 0.2) is 17.5 Å². The minimum Gasteiger partial charge on any atom is -0.480 e. The Hall–Kier alpha value is -2.09. The molecule has 0 radical (unpaired) electrons. The first-order valence-corrected chi connectivity index (χ1v) is 6.58. The van der Waals surface area contributed by atoms with Crippen LogP contribution in [0.25, 0.3) is 0 Å². The third-order valence-electron chi connectivity index (χ3n) is 2.80. The number of nitrogens with two attached hydrogens (primary N) is 2. The molecule has 1 aromatic rings. The summed E-state index contributed by atoms with van der Waals surface area (Å²) in [7, 11) is 0. The molecule has 0 saturated heterocycles. The van der Waals surface area contributed by atoms with Crippen LogP contribution in [0.5, 0.6) is 0 Å². The van der Waals surface area contributed by atoms with Crippen molar-refractivity contribution >= 4 is 11.9 Å². The van der Waals surface area contributed by atoms with E-state index in [9.17, 15) is 4.79 Å². The Morgan fingerprint density at radius 1 is 1.45 bits per heavy atom. The molecule has 7 N–H and O–H groups in total. The third-order valence-corrected chi connectivity index (χ3v) is 2.80. The van der Waals surface area contributed by atoms with Crippen LogP contribution in [0, 0.1) is 0 Å². The van der Waals surface area contributed by atoms with E-state index in [2.05, 4.69) is 20.3 Å². The monoisotopic (exact) mass is 282 g/mol. The highest BCUT2D eigenvalue weighted by Crippen LogP contribution is 2.00. The van der Waals surface area contributed by atoms with Crippen molar-refractivity contribution in [3.8, 4) is 0 Å². The van der Waals surface area contributed by atoms with Gasteiger partial charge in [0.25, 0.3) is 0 Å². The molecule has 1 rings (SSSR count). The van der Waals surface area contributed by atoms with Crippen LogP contribution in [0.3, 0.4) is 0 Å². The second-order valence-electron chi connectivity index (χ2n) is 4.49. The summed E-state index contributed by atoms with van der Waals surface area (Å²) in [5.74, 6) is -0.756. The van der Waals surface area contributed by atoms with Crippen molar-refractivity contribution in [1.82, 2.24) is 15.3 Å². The summed E-state index contributed by atoms with van der Waals surface area (Å²) < 4.78 is 0. The summed E-state index contributed by atoms with van der Waals surface area (Å²) in [5.41, 5.74) is 11.2. The SMILES string of the molecule is NC(N)=NCCCCCN[C@@H](Cc1cnc[nH]1)C(=O)O. The summed E-state index contributed by atoms with van der Waals surface area (Å²) in [6, 6.07) is -0.604. The molecule has 0 aromatic carbocycles. The number of guanidine groups is 1. The van der Waals surface area contributed by atoms with Gasteiger partial charge in [-0.2, -0.15) is 0 Å². The van der Waals surface area contributed by atoms with Gasteiger partial charge in [-0.15, -0.1) is 0 Å². The molecule has 0 aliphatic carbocycles. The molecule has 0 aliphatic rings. The number of imidazole rings is 1. The summed E-state index contributed by atoms with van der Waals surface area (Å²) >= 11 is 0. The van der Waals surface area contributed by atoms with E-state index in [1.54, 1.807) is 6.20 Å². The first kappa shape index (κ1) is 16.0.